The molecule has 23 heavy (non-hydrogen) atoms. The lowest BCUT2D eigenvalue weighted by molar-refractivity contribution is -0.150. The molecule has 1 fully saturated rings. The van der Waals surface area contributed by atoms with Crippen molar-refractivity contribution < 1.29 is 19.1 Å². The third-order valence-corrected chi connectivity index (χ3v) is 4.08. The van der Waals surface area contributed by atoms with E-state index in [1.165, 1.54) is 12.0 Å². The minimum Gasteiger partial charge on any atom is -0.444 e. The van der Waals surface area contributed by atoms with Gasteiger partial charge in [0.25, 0.3) is 0 Å². The zero-order valence-corrected chi connectivity index (χ0v) is 14.6. The van der Waals surface area contributed by atoms with Gasteiger partial charge in [-0.3, -0.25) is 4.79 Å². The standard InChI is InChI=1S/C17H22ClNO4/c1-16(2,3)23-15(21)19-10-9-17(22-4,14(20)11-19)12-5-7-13(18)8-6-12/h5-8H,9-11H2,1-4H3. The molecular formula is C17H22ClNO4. The van der Waals surface area contributed by atoms with E-state index in [0.717, 1.165) is 5.56 Å². The van der Waals surface area contributed by atoms with E-state index in [2.05, 4.69) is 0 Å². The van der Waals surface area contributed by atoms with Crippen molar-refractivity contribution in [3.63, 3.8) is 0 Å². The average molecular weight is 340 g/mol. The second kappa shape index (κ2) is 6.49. The van der Waals surface area contributed by atoms with E-state index in [1.54, 1.807) is 45.0 Å². The number of methoxy groups -OCH3 is 1. The van der Waals surface area contributed by atoms with Crippen LogP contribution in [0.3, 0.4) is 0 Å². The molecule has 126 valence electrons. The summed E-state index contributed by atoms with van der Waals surface area (Å²) < 4.78 is 10.9. The third-order valence-electron chi connectivity index (χ3n) is 3.83. The molecule has 1 unspecified atom stereocenters. The van der Waals surface area contributed by atoms with Crippen LogP contribution in [0.5, 0.6) is 0 Å². The monoisotopic (exact) mass is 339 g/mol. The first kappa shape index (κ1) is 17.8. The molecule has 0 spiro atoms. The largest absolute Gasteiger partial charge is 0.444 e. The van der Waals surface area contributed by atoms with Crippen molar-refractivity contribution in [2.45, 2.75) is 38.4 Å². The normalized spacial score (nSPS) is 22.1. The Bertz CT molecular complexity index is 594. The van der Waals surface area contributed by atoms with Crippen molar-refractivity contribution in [1.29, 1.82) is 0 Å². The molecule has 1 aromatic carbocycles. The number of rotatable bonds is 2. The fraction of sp³-hybridized carbons (Fsp3) is 0.529. The molecular weight excluding hydrogens is 318 g/mol. The maximum Gasteiger partial charge on any atom is 0.410 e. The molecule has 0 bridgehead atoms. The van der Waals surface area contributed by atoms with Gasteiger partial charge < -0.3 is 14.4 Å². The van der Waals surface area contributed by atoms with Crippen LogP contribution >= 0.6 is 11.6 Å². The van der Waals surface area contributed by atoms with E-state index in [9.17, 15) is 9.59 Å². The molecule has 2 rings (SSSR count). The molecule has 0 saturated carbocycles. The number of carbonyl (C=O) groups is 2. The number of nitrogens with zero attached hydrogens (tertiary/aromatic N) is 1. The molecule has 1 aromatic rings. The highest BCUT2D eigenvalue weighted by atomic mass is 35.5. The molecule has 0 N–H and O–H groups in total. The van der Waals surface area contributed by atoms with Crippen LogP contribution in [0.2, 0.25) is 5.02 Å². The maximum absolute atomic E-state index is 12.7. The zero-order chi connectivity index (χ0) is 17.3. The number of halogens is 1. The average Bonchev–Trinajstić information content (AvgIpc) is 2.46. The van der Waals surface area contributed by atoms with Gasteiger partial charge in [0.2, 0.25) is 0 Å². The number of ether oxygens (including phenoxy) is 2. The van der Waals surface area contributed by atoms with Gasteiger partial charge in [-0.25, -0.2) is 4.79 Å². The van der Waals surface area contributed by atoms with E-state index < -0.39 is 17.3 Å². The Morgan fingerprint density at radius 3 is 2.35 bits per heavy atom. The number of piperidine rings is 1. The third kappa shape index (κ3) is 3.85. The van der Waals surface area contributed by atoms with Gasteiger partial charge in [0.15, 0.2) is 11.4 Å². The predicted molar refractivity (Wildman–Crippen MR) is 87.6 cm³/mol. The van der Waals surface area contributed by atoms with Gasteiger partial charge in [0.05, 0.1) is 6.54 Å². The quantitative estimate of drug-likeness (QED) is 0.828. The van der Waals surface area contributed by atoms with Gasteiger partial charge in [0.1, 0.15) is 5.60 Å². The molecule has 0 aromatic heterocycles. The Morgan fingerprint density at radius 1 is 1.26 bits per heavy atom. The second-order valence-electron chi connectivity index (χ2n) is 6.61. The summed E-state index contributed by atoms with van der Waals surface area (Å²) in [5, 5.41) is 0.596. The molecule has 1 amide bonds. The van der Waals surface area contributed by atoms with E-state index in [4.69, 9.17) is 21.1 Å². The fourth-order valence-electron chi connectivity index (χ4n) is 2.65. The predicted octanol–water partition coefficient (Wildman–Crippen LogP) is 3.39. The Hall–Kier alpha value is -1.59. The van der Waals surface area contributed by atoms with Crippen molar-refractivity contribution >= 4 is 23.5 Å². The summed E-state index contributed by atoms with van der Waals surface area (Å²) in [7, 11) is 1.51. The number of ketones is 1. The molecule has 1 atom stereocenters. The number of benzene rings is 1. The van der Waals surface area contributed by atoms with Crippen LogP contribution in [0, 0.1) is 0 Å². The number of hydrogen-bond acceptors (Lipinski definition) is 4. The van der Waals surface area contributed by atoms with E-state index in [1.807, 2.05) is 0 Å². The molecule has 1 aliphatic rings. The molecule has 5 nitrogen and oxygen atoms in total. The van der Waals surface area contributed by atoms with Crippen molar-refractivity contribution in [3.8, 4) is 0 Å². The summed E-state index contributed by atoms with van der Waals surface area (Å²) in [5.41, 5.74) is -0.881. The van der Waals surface area contributed by atoms with Gasteiger partial charge in [0, 0.05) is 25.1 Å². The smallest absolute Gasteiger partial charge is 0.410 e. The molecule has 0 aliphatic carbocycles. The highest BCUT2D eigenvalue weighted by molar-refractivity contribution is 6.30. The number of likely N-dealkylation sites (tertiary alicyclic amines) is 1. The van der Waals surface area contributed by atoms with Crippen LogP contribution in [-0.2, 0) is 19.9 Å². The fourth-order valence-corrected chi connectivity index (χ4v) is 2.78. The molecule has 1 aliphatic heterocycles. The van der Waals surface area contributed by atoms with Crippen molar-refractivity contribution in [2.75, 3.05) is 20.2 Å². The minimum atomic E-state index is -1.04. The first-order valence-corrected chi connectivity index (χ1v) is 7.88. The Morgan fingerprint density at radius 2 is 1.87 bits per heavy atom. The second-order valence-corrected chi connectivity index (χ2v) is 7.05. The Kier molecular flexibility index (Phi) is 5.01. The minimum absolute atomic E-state index is 0.0363. The van der Waals surface area contributed by atoms with Gasteiger partial charge in [-0.05, 0) is 38.5 Å². The Balaban J connectivity index is 2.17. The summed E-state index contributed by atoms with van der Waals surface area (Å²) in [5.74, 6) is -0.167. The number of hydrogen-bond donors (Lipinski definition) is 0. The van der Waals surface area contributed by atoms with Crippen molar-refractivity contribution in [2.24, 2.45) is 0 Å². The van der Waals surface area contributed by atoms with E-state index in [0.29, 0.717) is 18.0 Å². The topological polar surface area (TPSA) is 55.8 Å². The van der Waals surface area contributed by atoms with Crippen molar-refractivity contribution in [3.05, 3.63) is 34.9 Å². The Labute approximate surface area is 141 Å². The van der Waals surface area contributed by atoms with Crippen LogP contribution in [0.15, 0.2) is 24.3 Å². The molecule has 0 radical (unpaired) electrons. The van der Waals surface area contributed by atoms with E-state index in [-0.39, 0.29) is 12.3 Å². The zero-order valence-electron chi connectivity index (χ0n) is 13.9. The summed E-state index contributed by atoms with van der Waals surface area (Å²) in [6, 6.07) is 7.02. The van der Waals surface area contributed by atoms with E-state index >= 15 is 0 Å². The number of carbonyl (C=O) groups excluding carboxylic acids is 2. The molecule has 6 heteroatoms. The molecule has 1 saturated heterocycles. The SMILES string of the molecule is COC1(c2ccc(Cl)cc2)CCN(C(=O)OC(C)(C)C)CC1=O. The number of Topliss-reactive ketones (excluding diaryl/α,β-unsaturated/α-hetero) is 1. The summed E-state index contributed by atoms with van der Waals surface area (Å²) in [4.78, 5) is 26.3. The van der Waals surface area contributed by atoms with Crippen LogP contribution in [0.4, 0.5) is 4.79 Å². The lowest BCUT2D eigenvalue weighted by Gasteiger charge is -2.39. The van der Waals surface area contributed by atoms with Gasteiger partial charge in [-0.15, -0.1) is 0 Å². The van der Waals surface area contributed by atoms with Crippen LogP contribution < -0.4 is 0 Å². The first-order chi connectivity index (χ1) is 10.7. The van der Waals surface area contributed by atoms with Crippen molar-refractivity contribution in [1.82, 2.24) is 4.90 Å². The molecule has 1 heterocycles. The van der Waals surface area contributed by atoms with Gasteiger partial charge in [-0.2, -0.15) is 0 Å². The first-order valence-electron chi connectivity index (χ1n) is 7.50. The van der Waals surface area contributed by atoms with Crippen LogP contribution in [0.25, 0.3) is 0 Å². The summed E-state index contributed by atoms with van der Waals surface area (Å²) in [6.07, 6.45) is -0.102. The van der Waals surface area contributed by atoms with Gasteiger partial charge >= 0.3 is 6.09 Å². The van der Waals surface area contributed by atoms with Gasteiger partial charge in [-0.1, -0.05) is 23.7 Å². The lowest BCUT2D eigenvalue weighted by atomic mass is 9.83. The van der Waals surface area contributed by atoms with Crippen LogP contribution in [-0.4, -0.2) is 42.6 Å². The summed E-state index contributed by atoms with van der Waals surface area (Å²) in [6.45, 7) is 5.74. The highest BCUT2D eigenvalue weighted by Crippen LogP contribution is 2.34. The summed E-state index contributed by atoms with van der Waals surface area (Å²) >= 11 is 5.91. The highest BCUT2D eigenvalue weighted by Gasteiger charge is 2.45. The maximum atomic E-state index is 12.7. The number of amides is 1. The van der Waals surface area contributed by atoms with Crippen LogP contribution in [0.1, 0.15) is 32.8 Å². The lowest BCUT2D eigenvalue weighted by Crippen LogP contribution is -2.54.